The van der Waals surface area contributed by atoms with Gasteiger partial charge in [-0.15, -0.1) is 11.3 Å². The first-order chi connectivity index (χ1) is 8.61. The largest absolute Gasteiger partial charge is 0.462 e. The molecule has 18 heavy (non-hydrogen) atoms. The van der Waals surface area contributed by atoms with Gasteiger partial charge in [-0.1, -0.05) is 12.1 Å². The maximum atomic E-state index is 11.5. The van der Waals surface area contributed by atoms with Crippen molar-refractivity contribution in [1.82, 2.24) is 0 Å². The van der Waals surface area contributed by atoms with Gasteiger partial charge in [-0.3, -0.25) is 0 Å². The standard InChI is InChI=1S/C13H10Br2O2S/c1-2-17-13(16)9-5-3-8(4-6-9)11-7-10(14)12(15)18-11/h3-7H,2H2,1H3. The molecule has 2 rings (SSSR count). The van der Waals surface area contributed by atoms with Crippen LogP contribution in [-0.2, 0) is 4.74 Å². The summed E-state index contributed by atoms with van der Waals surface area (Å²) >= 11 is 8.58. The molecule has 0 aliphatic heterocycles. The lowest BCUT2D eigenvalue weighted by atomic mass is 10.1. The van der Waals surface area contributed by atoms with Crippen LogP contribution in [0, 0.1) is 0 Å². The highest BCUT2D eigenvalue weighted by Gasteiger charge is 2.09. The molecule has 1 aromatic carbocycles. The number of hydrogen-bond acceptors (Lipinski definition) is 3. The van der Waals surface area contributed by atoms with E-state index in [0.717, 1.165) is 18.7 Å². The van der Waals surface area contributed by atoms with E-state index in [-0.39, 0.29) is 5.97 Å². The van der Waals surface area contributed by atoms with Crippen molar-refractivity contribution in [2.75, 3.05) is 6.61 Å². The maximum Gasteiger partial charge on any atom is 0.338 e. The third-order valence-electron chi connectivity index (χ3n) is 2.33. The van der Waals surface area contributed by atoms with Gasteiger partial charge in [0.25, 0.3) is 0 Å². The number of carbonyl (C=O) groups is 1. The SMILES string of the molecule is CCOC(=O)c1ccc(-c2cc(Br)c(Br)s2)cc1. The van der Waals surface area contributed by atoms with Crippen LogP contribution in [0.1, 0.15) is 17.3 Å². The van der Waals surface area contributed by atoms with Gasteiger partial charge in [0, 0.05) is 9.35 Å². The second kappa shape index (κ2) is 5.99. The van der Waals surface area contributed by atoms with E-state index in [2.05, 4.69) is 31.9 Å². The summed E-state index contributed by atoms with van der Waals surface area (Å²) in [5, 5.41) is 0. The molecule has 0 atom stereocenters. The molecule has 0 saturated carbocycles. The molecule has 94 valence electrons. The Kier molecular flexibility index (Phi) is 4.59. The van der Waals surface area contributed by atoms with Gasteiger partial charge in [-0.2, -0.15) is 0 Å². The van der Waals surface area contributed by atoms with Crippen LogP contribution in [0.15, 0.2) is 38.6 Å². The monoisotopic (exact) mass is 388 g/mol. The Morgan fingerprint density at radius 3 is 2.44 bits per heavy atom. The van der Waals surface area contributed by atoms with Crippen LogP contribution >= 0.6 is 43.2 Å². The zero-order valence-corrected chi connectivity index (χ0v) is 13.6. The lowest BCUT2D eigenvalue weighted by molar-refractivity contribution is 0.0526. The Balaban J connectivity index is 2.24. The van der Waals surface area contributed by atoms with Crippen LogP contribution < -0.4 is 0 Å². The molecule has 2 nitrogen and oxygen atoms in total. The summed E-state index contributed by atoms with van der Waals surface area (Å²) in [7, 11) is 0. The molecule has 0 radical (unpaired) electrons. The first kappa shape index (κ1) is 13.8. The molecule has 0 unspecified atom stereocenters. The summed E-state index contributed by atoms with van der Waals surface area (Å²) < 4.78 is 7.05. The van der Waals surface area contributed by atoms with E-state index >= 15 is 0 Å². The number of thiophene rings is 1. The minimum atomic E-state index is -0.280. The highest BCUT2D eigenvalue weighted by molar-refractivity contribution is 9.13. The molecule has 0 N–H and O–H groups in total. The maximum absolute atomic E-state index is 11.5. The van der Waals surface area contributed by atoms with Crippen LogP contribution in [0.5, 0.6) is 0 Å². The number of halogens is 2. The van der Waals surface area contributed by atoms with Crippen molar-refractivity contribution >= 4 is 49.2 Å². The van der Waals surface area contributed by atoms with Crippen LogP contribution in [-0.4, -0.2) is 12.6 Å². The quantitative estimate of drug-likeness (QED) is 0.681. The Morgan fingerprint density at radius 1 is 1.28 bits per heavy atom. The molecule has 0 aliphatic rings. The second-order valence-electron chi connectivity index (χ2n) is 3.53. The summed E-state index contributed by atoms with van der Waals surface area (Å²) in [6, 6.07) is 9.48. The lowest BCUT2D eigenvalue weighted by Gasteiger charge is -2.02. The minimum absolute atomic E-state index is 0.280. The number of rotatable bonds is 3. The molecular formula is C13H10Br2O2S. The van der Waals surface area contributed by atoms with Gasteiger partial charge in [0.1, 0.15) is 0 Å². The average molecular weight is 390 g/mol. The average Bonchev–Trinajstić information content (AvgIpc) is 2.70. The third kappa shape index (κ3) is 3.02. The van der Waals surface area contributed by atoms with E-state index in [9.17, 15) is 4.79 Å². The van der Waals surface area contributed by atoms with Gasteiger partial charge in [-0.05, 0) is 62.5 Å². The topological polar surface area (TPSA) is 26.3 Å². The number of carbonyl (C=O) groups excluding carboxylic acids is 1. The predicted octanol–water partition coefficient (Wildman–Crippen LogP) is 5.12. The van der Waals surface area contributed by atoms with Crippen LogP contribution in [0.2, 0.25) is 0 Å². The van der Waals surface area contributed by atoms with Gasteiger partial charge < -0.3 is 4.74 Å². The molecular weight excluding hydrogens is 380 g/mol. The van der Waals surface area contributed by atoms with Crippen LogP contribution in [0.3, 0.4) is 0 Å². The van der Waals surface area contributed by atoms with Gasteiger partial charge in [0.15, 0.2) is 0 Å². The minimum Gasteiger partial charge on any atom is -0.462 e. The highest BCUT2D eigenvalue weighted by Crippen LogP contribution is 2.38. The molecule has 0 saturated heterocycles. The zero-order chi connectivity index (χ0) is 13.1. The lowest BCUT2D eigenvalue weighted by Crippen LogP contribution is -2.03. The predicted molar refractivity (Wildman–Crippen MR) is 81.1 cm³/mol. The van der Waals surface area contributed by atoms with Crippen molar-refractivity contribution < 1.29 is 9.53 Å². The van der Waals surface area contributed by atoms with E-state index in [4.69, 9.17) is 4.74 Å². The molecule has 2 aromatic rings. The number of hydrogen-bond donors (Lipinski definition) is 0. The Hall–Kier alpha value is -0.650. The Morgan fingerprint density at radius 2 is 1.94 bits per heavy atom. The van der Waals surface area contributed by atoms with E-state index in [1.807, 2.05) is 18.2 Å². The van der Waals surface area contributed by atoms with E-state index in [1.165, 1.54) is 0 Å². The molecule has 1 aromatic heterocycles. The van der Waals surface area contributed by atoms with Crippen molar-refractivity contribution in [1.29, 1.82) is 0 Å². The number of ether oxygens (including phenoxy) is 1. The number of esters is 1. The number of benzene rings is 1. The normalized spacial score (nSPS) is 10.4. The Bertz CT molecular complexity index is 541. The van der Waals surface area contributed by atoms with Gasteiger partial charge in [0.2, 0.25) is 0 Å². The first-order valence-corrected chi connectivity index (χ1v) is 7.74. The molecule has 0 bridgehead atoms. The molecule has 5 heteroatoms. The summed E-state index contributed by atoms with van der Waals surface area (Å²) in [5.74, 6) is -0.280. The van der Waals surface area contributed by atoms with E-state index in [1.54, 1.807) is 30.4 Å². The third-order valence-corrected chi connectivity index (χ3v) is 5.63. The summed E-state index contributed by atoms with van der Waals surface area (Å²) in [4.78, 5) is 12.7. The van der Waals surface area contributed by atoms with Crippen molar-refractivity contribution in [3.05, 3.63) is 44.2 Å². The molecule has 1 heterocycles. The first-order valence-electron chi connectivity index (χ1n) is 5.34. The van der Waals surface area contributed by atoms with Crippen molar-refractivity contribution in [3.63, 3.8) is 0 Å². The summed E-state index contributed by atoms with van der Waals surface area (Å²) in [6.07, 6.45) is 0. The van der Waals surface area contributed by atoms with Crippen molar-refractivity contribution in [2.45, 2.75) is 6.92 Å². The Labute approximate surface area is 126 Å². The smallest absolute Gasteiger partial charge is 0.338 e. The zero-order valence-electron chi connectivity index (χ0n) is 9.57. The van der Waals surface area contributed by atoms with Crippen molar-refractivity contribution in [2.24, 2.45) is 0 Å². The fourth-order valence-electron chi connectivity index (χ4n) is 1.47. The fourth-order valence-corrected chi connectivity index (χ4v) is 3.51. The van der Waals surface area contributed by atoms with Crippen LogP contribution in [0.25, 0.3) is 10.4 Å². The molecule has 0 fully saturated rings. The van der Waals surface area contributed by atoms with Crippen LogP contribution in [0.4, 0.5) is 0 Å². The molecule has 0 amide bonds. The van der Waals surface area contributed by atoms with E-state index < -0.39 is 0 Å². The van der Waals surface area contributed by atoms with Crippen molar-refractivity contribution in [3.8, 4) is 10.4 Å². The summed E-state index contributed by atoms with van der Waals surface area (Å²) in [5.41, 5.74) is 1.66. The fraction of sp³-hybridized carbons (Fsp3) is 0.154. The van der Waals surface area contributed by atoms with Gasteiger partial charge in [0.05, 0.1) is 16.0 Å². The summed E-state index contributed by atoms with van der Waals surface area (Å²) in [6.45, 7) is 2.19. The highest BCUT2D eigenvalue weighted by atomic mass is 79.9. The molecule has 0 spiro atoms. The van der Waals surface area contributed by atoms with Gasteiger partial charge >= 0.3 is 5.97 Å². The second-order valence-corrected chi connectivity index (χ2v) is 6.75. The van der Waals surface area contributed by atoms with E-state index in [0.29, 0.717) is 12.2 Å². The van der Waals surface area contributed by atoms with Gasteiger partial charge in [-0.25, -0.2) is 4.79 Å². The molecule has 0 aliphatic carbocycles.